The largest absolute Gasteiger partial charge is 0.504 e. The summed E-state index contributed by atoms with van der Waals surface area (Å²) >= 11 is 0. The summed E-state index contributed by atoms with van der Waals surface area (Å²) in [5, 5.41) is 29.6. The first kappa shape index (κ1) is 11.3. The number of carboxylic acid groups (broad SMARTS) is 1. The number of nitrogens with one attached hydrogen (secondary N) is 1. The molecular formula is C11H11NO5. The van der Waals surface area contributed by atoms with Gasteiger partial charge >= 0.3 is 5.97 Å². The smallest absolute Gasteiger partial charge is 0.329 e. The number of phenols is 2. The van der Waals surface area contributed by atoms with Crippen LogP contribution < -0.4 is 5.32 Å². The number of carboxylic acids is 1. The summed E-state index contributed by atoms with van der Waals surface area (Å²) in [7, 11) is 0. The molecule has 1 saturated carbocycles. The van der Waals surface area contributed by atoms with Gasteiger partial charge in [-0.1, -0.05) is 0 Å². The molecule has 6 nitrogen and oxygen atoms in total. The molecule has 1 aliphatic carbocycles. The molecule has 4 N–H and O–H groups in total. The van der Waals surface area contributed by atoms with E-state index in [-0.39, 0.29) is 11.3 Å². The highest BCUT2D eigenvalue weighted by atomic mass is 16.4. The lowest BCUT2D eigenvalue weighted by molar-refractivity contribution is -0.140. The van der Waals surface area contributed by atoms with Crippen molar-refractivity contribution in [3.05, 3.63) is 23.8 Å². The molecule has 6 heteroatoms. The lowest BCUT2D eigenvalue weighted by Gasteiger charge is -2.12. The summed E-state index contributed by atoms with van der Waals surface area (Å²) < 4.78 is 0. The number of benzene rings is 1. The van der Waals surface area contributed by atoms with Crippen molar-refractivity contribution in [3.63, 3.8) is 0 Å². The zero-order valence-corrected chi connectivity index (χ0v) is 8.80. The minimum Gasteiger partial charge on any atom is -0.504 e. The second-order valence-electron chi connectivity index (χ2n) is 4.04. The standard InChI is InChI=1S/C11H11NO5/c13-7-2-1-6(5-8(7)14)9(15)12-11(3-4-11)10(16)17/h1-2,5,13-14H,3-4H2,(H,12,15)(H,16,17). The zero-order valence-electron chi connectivity index (χ0n) is 8.80. The van der Waals surface area contributed by atoms with E-state index >= 15 is 0 Å². The van der Waals surface area contributed by atoms with Crippen molar-refractivity contribution in [1.29, 1.82) is 0 Å². The van der Waals surface area contributed by atoms with Gasteiger partial charge in [0, 0.05) is 5.56 Å². The average Bonchev–Trinajstić information content (AvgIpc) is 3.03. The van der Waals surface area contributed by atoms with Crippen LogP contribution in [0.1, 0.15) is 23.2 Å². The SMILES string of the molecule is O=C(NC1(C(=O)O)CC1)c1ccc(O)c(O)c1. The number of hydrogen-bond acceptors (Lipinski definition) is 4. The number of hydrogen-bond donors (Lipinski definition) is 4. The van der Waals surface area contributed by atoms with Crippen LogP contribution >= 0.6 is 0 Å². The summed E-state index contributed by atoms with van der Waals surface area (Å²) in [6.45, 7) is 0. The van der Waals surface area contributed by atoms with Crippen LogP contribution in [0, 0.1) is 0 Å². The Morgan fingerprint density at radius 2 is 1.82 bits per heavy atom. The van der Waals surface area contributed by atoms with Crippen LogP contribution in [0.5, 0.6) is 11.5 Å². The van der Waals surface area contributed by atoms with E-state index in [0.29, 0.717) is 12.8 Å². The van der Waals surface area contributed by atoms with Gasteiger partial charge in [0.2, 0.25) is 0 Å². The molecule has 1 aliphatic rings. The van der Waals surface area contributed by atoms with Crippen LogP contribution in [-0.2, 0) is 4.79 Å². The minimum absolute atomic E-state index is 0.104. The van der Waals surface area contributed by atoms with Crippen molar-refractivity contribution in [3.8, 4) is 11.5 Å². The van der Waals surface area contributed by atoms with E-state index in [1.54, 1.807) is 0 Å². The van der Waals surface area contributed by atoms with Gasteiger partial charge in [0.15, 0.2) is 11.5 Å². The molecule has 90 valence electrons. The van der Waals surface area contributed by atoms with Crippen molar-refractivity contribution < 1.29 is 24.9 Å². The van der Waals surface area contributed by atoms with Crippen LogP contribution in [0.25, 0.3) is 0 Å². The van der Waals surface area contributed by atoms with E-state index in [2.05, 4.69) is 5.32 Å². The lowest BCUT2D eigenvalue weighted by atomic mass is 10.1. The van der Waals surface area contributed by atoms with Gasteiger partial charge < -0.3 is 20.6 Å². The fourth-order valence-corrected chi connectivity index (χ4v) is 1.47. The van der Waals surface area contributed by atoms with Crippen molar-refractivity contribution in [2.75, 3.05) is 0 Å². The molecule has 0 aromatic heterocycles. The molecule has 0 aliphatic heterocycles. The van der Waals surface area contributed by atoms with Crippen LogP contribution in [-0.4, -0.2) is 32.7 Å². The molecule has 0 radical (unpaired) electrons. The van der Waals surface area contributed by atoms with Gasteiger partial charge in [-0.05, 0) is 31.0 Å². The predicted molar refractivity (Wildman–Crippen MR) is 56.8 cm³/mol. The normalized spacial score (nSPS) is 16.2. The van der Waals surface area contributed by atoms with Crippen molar-refractivity contribution >= 4 is 11.9 Å². The Hall–Kier alpha value is -2.24. The molecular weight excluding hydrogens is 226 g/mol. The molecule has 1 amide bonds. The fourth-order valence-electron chi connectivity index (χ4n) is 1.47. The Labute approximate surface area is 96.5 Å². The summed E-state index contributed by atoms with van der Waals surface area (Å²) in [5.41, 5.74) is -1.06. The topological polar surface area (TPSA) is 107 Å². The highest BCUT2D eigenvalue weighted by Crippen LogP contribution is 2.36. The van der Waals surface area contributed by atoms with Crippen LogP contribution in [0.4, 0.5) is 0 Å². The van der Waals surface area contributed by atoms with Gasteiger partial charge in [-0.2, -0.15) is 0 Å². The molecule has 1 aromatic carbocycles. The Morgan fingerprint density at radius 3 is 2.29 bits per heavy atom. The summed E-state index contributed by atoms with van der Waals surface area (Å²) in [5.74, 6) is -2.40. The molecule has 17 heavy (non-hydrogen) atoms. The first-order valence-electron chi connectivity index (χ1n) is 5.02. The Bertz CT molecular complexity index is 493. The molecule has 0 spiro atoms. The number of aromatic hydroxyl groups is 2. The van der Waals surface area contributed by atoms with Crippen LogP contribution in [0.2, 0.25) is 0 Å². The molecule has 1 aromatic rings. The van der Waals surface area contributed by atoms with Crippen molar-refractivity contribution in [2.45, 2.75) is 18.4 Å². The first-order chi connectivity index (χ1) is 7.94. The third kappa shape index (κ3) is 2.01. The van der Waals surface area contributed by atoms with Gasteiger partial charge in [0.05, 0.1) is 0 Å². The number of rotatable bonds is 3. The number of phenolic OH excluding ortho intramolecular Hbond substituents is 2. The molecule has 2 rings (SSSR count). The molecule has 0 unspecified atom stereocenters. The number of amides is 1. The van der Waals surface area contributed by atoms with E-state index in [9.17, 15) is 14.7 Å². The first-order valence-corrected chi connectivity index (χ1v) is 5.02. The molecule has 0 atom stereocenters. The Kier molecular flexibility index (Phi) is 2.42. The highest BCUT2D eigenvalue weighted by Gasteiger charge is 2.51. The Morgan fingerprint density at radius 1 is 1.18 bits per heavy atom. The van der Waals surface area contributed by atoms with Crippen LogP contribution in [0.15, 0.2) is 18.2 Å². The summed E-state index contributed by atoms with van der Waals surface area (Å²) in [6.07, 6.45) is 0.802. The molecule has 0 heterocycles. The van der Waals surface area contributed by atoms with Gasteiger partial charge in [0.25, 0.3) is 5.91 Å². The van der Waals surface area contributed by atoms with E-state index < -0.39 is 23.2 Å². The highest BCUT2D eigenvalue weighted by molar-refractivity contribution is 5.99. The molecule has 0 bridgehead atoms. The quantitative estimate of drug-likeness (QED) is 0.571. The monoisotopic (exact) mass is 237 g/mol. The number of carbonyl (C=O) groups is 2. The fraction of sp³-hybridized carbons (Fsp3) is 0.273. The van der Waals surface area contributed by atoms with Crippen LogP contribution in [0.3, 0.4) is 0 Å². The predicted octanol–water partition coefficient (Wildman–Crippen LogP) is 0.445. The second kappa shape index (κ2) is 3.65. The third-order valence-corrected chi connectivity index (χ3v) is 2.75. The minimum atomic E-state index is -1.16. The Balaban J connectivity index is 2.15. The van der Waals surface area contributed by atoms with Gasteiger partial charge in [-0.25, -0.2) is 4.79 Å². The summed E-state index contributed by atoms with van der Waals surface area (Å²) in [6, 6.07) is 3.56. The van der Waals surface area contributed by atoms with Crippen molar-refractivity contribution in [1.82, 2.24) is 5.32 Å². The molecule has 1 fully saturated rings. The van der Waals surface area contributed by atoms with Gasteiger partial charge in [-0.15, -0.1) is 0 Å². The molecule has 0 saturated heterocycles. The summed E-state index contributed by atoms with van der Waals surface area (Å²) in [4.78, 5) is 22.6. The second-order valence-corrected chi connectivity index (χ2v) is 4.04. The van der Waals surface area contributed by atoms with E-state index in [1.807, 2.05) is 0 Å². The van der Waals surface area contributed by atoms with E-state index in [0.717, 1.165) is 6.07 Å². The van der Waals surface area contributed by atoms with E-state index in [1.165, 1.54) is 12.1 Å². The number of carbonyl (C=O) groups excluding carboxylic acids is 1. The van der Waals surface area contributed by atoms with Gasteiger partial charge in [-0.3, -0.25) is 4.79 Å². The van der Waals surface area contributed by atoms with Gasteiger partial charge in [0.1, 0.15) is 5.54 Å². The number of aliphatic carboxylic acids is 1. The maximum Gasteiger partial charge on any atom is 0.329 e. The lowest BCUT2D eigenvalue weighted by Crippen LogP contribution is -2.43. The van der Waals surface area contributed by atoms with E-state index in [4.69, 9.17) is 10.2 Å². The third-order valence-electron chi connectivity index (χ3n) is 2.75. The average molecular weight is 237 g/mol. The maximum absolute atomic E-state index is 11.7. The van der Waals surface area contributed by atoms with Crippen molar-refractivity contribution in [2.24, 2.45) is 0 Å². The zero-order chi connectivity index (χ0) is 12.6. The maximum atomic E-state index is 11.7.